The van der Waals surface area contributed by atoms with Gasteiger partial charge in [0.25, 0.3) is 5.91 Å². The first-order valence-electron chi connectivity index (χ1n) is 7.97. The van der Waals surface area contributed by atoms with Crippen LogP contribution in [0.1, 0.15) is 26.2 Å². The number of nitrogens with zero attached hydrogens (tertiary/aromatic N) is 1. The number of likely N-dealkylation sites (N-methyl/N-ethyl adjacent to an activating group) is 1. The van der Waals surface area contributed by atoms with Crippen LogP contribution in [-0.2, 0) is 19.1 Å². The zero-order valence-electron chi connectivity index (χ0n) is 13.9. The Morgan fingerprint density at radius 3 is 2.83 bits per heavy atom. The van der Waals surface area contributed by atoms with Gasteiger partial charge in [-0.15, -0.1) is 11.8 Å². The Morgan fingerprint density at radius 1 is 1.33 bits per heavy atom. The van der Waals surface area contributed by atoms with E-state index in [1.165, 1.54) is 11.8 Å². The average molecular weight is 350 g/mol. The zero-order chi connectivity index (χ0) is 17.5. The van der Waals surface area contributed by atoms with E-state index in [9.17, 15) is 14.4 Å². The summed E-state index contributed by atoms with van der Waals surface area (Å²) in [5.74, 6) is -0.996. The largest absolute Gasteiger partial charge is 0.456 e. The highest BCUT2D eigenvalue weighted by molar-refractivity contribution is 8.01. The van der Waals surface area contributed by atoms with Crippen molar-refractivity contribution in [3.8, 4) is 0 Å². The van der Waals surface area contributed by atoms with Crippen molar-refractivity contribution >= 4 is 35.2 Å². The Morgan fingerprint density at radius 2 is 2.08 bits per heavy atom. The minimum atomic E-state index is -0.542. The number of carbonyl (C=O) groups excluding carboxylic acids is 3. The molecule has 0 unspecified atom stereocenters. The SMILES string of the molecule is CCCCN(C)C(=O)COC(=O)C[C@H]1Sc2ccccc2NC1=O. The van der Waals surface area contributed by atoms with Crippen molar-refractivity contribution in [2.75, 3.05) is 25.5 Å². The Labute approximate surface area is 145 Å². The molecule has 0 saturated heterocycles. The van der Waals surface area contributed by atoms with E-state index >= 15 is 0 Å². The number of para-hydroxylation sites is 1. The van der Waals surface area contributed by atoms with Crippen LogP contribution in [0, 0.1) is 0 Å². The van der Waals surface area contributed by atoms with Crippen LogP contribution in [-0.4, -0.2) is 48.1 Å². The molecule has 1 aliphatic rings. The van der Waals surface area contributed by atoms with Crippen molar-refractivity contribution in [1.82, 2.24) is 4.90 Å². The summed E-state index contributed by atoms with van der Waals surface area (Å²) < 4.78 is 5.02. The molecule has 0 spiro atoms. The van der Waals surface area contributed by atoms with Crippen LogP contribution in [0.15, 0.2) is 29.2 Å². The van der Waals surface area contributed by atoms with E-state index in [-0.39, 0.29) is 24.8 Å². The second kappa shape index (κ2) is 8.73. The second-order valence-corrected chi connectivity index (χ2v) is 6.87. The van der Waals surface area contributed by atoms with Crippen molar-refractivity contribution < 1.29 is 19.1 Å². The van der Waals surface area contributed by atoms with Gasteiger partial charge in [-0.2, -0.15) is 0 Å². The number of ether oxygens (including phenoxy) is 1. The number of carbonyl (C=O) groups is 3. The standard InChI is InChI=1S/C17H22N2O4S/c1-3-4-9-19(2)15(20)11-23-16(21)10-14-17(22)18-12-7-5-6-8-13(12)24-14/h5-8,14H,3-4,9-11H2,1-2H3,(H,18,22)/t14-/m1/s1. The number of amides is 2. The minimum Gasteiger partial charge on any atom is -0.456 e. The number of thioether (sulfide) groups is 1. The summed E-state index contributed by atoms with van der Waals surface area (Å²) in [5, 5.41) is 2.24. The Balaban J connectivity index is 1.80. The molecule has 0 aromatic heterocycles. The van der Waals surface area contributed by atoms with Crippen LogP contribution in [0.4, 0.5) is 5.69 Å². The topological polar surface area (TPSA) is 75.7 Å². The van der Waals surface area contributed by atoms with Crippen molar-refractivity contribution in [1.29, 1.82) is 0 Å². The van der Waals surface area contributed by atoms with Crippen molar-refractivity contribution in [2.45, 2.75) is 36.3 Å². The average Bonchev–Trinajstić information content (AvgIpc) is 2.58. The molecule has 7 heteroatoms. The van der Waals surface area contributed by atoms with E-state index in [2.05, 4.69) is 5.32 Å². The predicted octanol–water partition coefficient (Wildman–Crippen LogP) is 2.29. The molecule has 6 nitrogen and oxygen atoms in total. The van der Waals surface area contributed by atoms with Crippen LogP contribution in [0.25, 0.3) is 0 Å². The van der Waals surface area contributed by atoms with E-state index in [0.29, 0.717) is 6.54 Å². The molecule has 0 aliphatic carbocycles. The summed E-state index contributed by atoms with van der Waals surface area (Å²) in [6.07, 6.45) is 1.85. The van der Waals surface area contributed by atoms with E-state index in [0.717, 1.165) is 23.4 Å². The lowest BCUT2D eigenvalue weighted by Crippen LogP contribution is -2.34. The second-order valence-electron chi connectivity index (χ2n) is 5.63. The van der Waals surface area contributed by atoms with Crippen LogP contribution >= 0.6 is 11.8 Å². The van der Waals surface area contributed by atoms with Gasteiger partial charge >= 0.3 is 5.97 Å². The van der Waals surface area contributed by atoms with Crippen LogP contribution < -0.4 is 5.32 Å². The Hall–Kier alpha value is -2.02. The molecule has 1 aromatic rings. The number of unbranched alkanes of at least 4 members (excludes halogenated alkanes) is 1. The monoisotopic (exact) mass is 350 g/mol. The van der Waals surface area contributed by atoms with E-state index in [1.54, 1.807) is 11.9 Å². The molecule has 1 aromatic carbocycles. The van der Waals surface area contributed by atoms with Crippen molar-refractivity contribution in [3.05, 3.63) is 24.3 Å². The third-order valence-electron chi connectivity index (χ3n) is 3.69. The van der Waals surface area contributed by atoms with Gasteiger partial charge in [-0.05, 0) is 18.6 Å². The highest BCUT2D eigenvalue weighted by Gasteiger charge is 2.29. The van der Waals surface area contributed by atoms with E-state index in [1.807, 2.05) is 31.2 Å². The van der Waals surface area contributed by atoms with E-state index in [4.69, 9.17) is 4.74 Å². The fourth-order valence-corrected chi connectivity index (χ4v) is 3.30. The number of benzene rings is 1. The van der Waals surface area contributed by atoms with Gasteiger partial charge < -0.3 is 15.0 Å². The van der Waals surface area contributed by atoms with Gasteiger partial charge in [0.05, 0.1) is 17.4 Å². The summed E-state index contributed by atoms with van der Waals surface area (Å²) in [5.41, 5.74) is 0.754. The predicted molar refractivity (Wildman–Crippen MR) is 92.8 cm³/mol. The third kappa shape index (κ3) is 4.99. The molecule has 2 amide bonds. The lowest BCUT2D eigenvalue weighted by Gasteiger charge is -2.23. The zero-order valence-corrected chi connectivity index (χ0v) is 14.7. The number of hydrogen-bond donors (Lipinski definition) is 1. The van der Waals surface area contributed by atoms with Gasteiger partial charge in [0.15, 0.2) is 6.61 Å². The Kier molecular flexibility index (Phi) is 6.66. The van der Waals surface area contributed by atoms with Crippen LogP contribution in [0.5, 0.6) is 0 Å². The smallest absolute Gasteiger partial charge is 0.307 e. The summed E-state index contributed by atoms with van der Waals surface area (Å²) in [6.45, 7) is 2.41. The molecule has 24 heavy (non-hydrogen) atoms. The molecule has 1 N–H and O–H groups in total. The molecule has 0 radical (unpaired) electrons. The fraction of sp³-hybridized carbons (Fsp3) is 0.471. The summed E-state index contributed by atoms with van der Waals surface area (Å²) in [4.78, 5) is 38.3. The number of esters is 1. The summed E-state index contributed by atoms with van der Waals surface area (Å²) >= 11 is 1.34. The van der Waals surface area contributed by atoms with Gasteiger partial charge in [-0.25, -0.2) is 0 Å². The highest BCUT2D eigenvalue weighted by atomic mass is 32.2. The normalized spacial score (nSPS) is 16.1. The summed E-state index contributed by atoms with van der Waals surface area (Å²) in [6, 6.07) is 7.43. The van der Waals surface area contributed by atoms with Crippen molar-refractivity contribution in [3.63, 3.8) is 0 Å². The van der Waals surface area contributed by atoms with Gasteiger partial charge in [-0.1, -0.05) is 25.5 Å². The quantitative estimate of drug-likeness (QED) is 0.764. The maximum Gasteiger partial charge on any atom is 0.307 e. The number of anilines is 1. The fourth-order valence-electron chi connectivity index (χ4n) is 2.21. The lowest BCUT2D eigenvalue weighted by molar-refractivity contribution is -0.151. The molecule has 0 fully saturated rings. The number of hydrogen-bond acceptors (Lipinski definition) is 5. The third-order valence-corrected chi connectivity index (χ3v) is 4.96. The molecule has 0 saturated carbocycles. The number of rotatable bonds is 7. The van der Waals surface area contributed by atoms with E-state index < -0.39 is 11.2 Å². The molecule has 0 bridgehead atoms. The van der Waals surface area contributed by atoms with Gasteiger partial charge in [0.2, 0.25) is 5.91 Å². The first-order chi connectivity index (χ1) is 11.5. The van der Waals surface area contributed by atoms with Crippen LogP contribution in [0.2, 0.25) is 0 Å². The van der Waals surface area contributed by atoms with Gasteiger partial charge in [-0.3, -0.25) is 14.4 Å². The molecule has 2 rings (SSSR count). The van der Waals surface area contributed by atoms with Crippen molar-refractivity contribution in [2.24, 2.45) is 0 Å². The molecule has 1 aliphatic heterocycles. The molecule has 1 heterocycles. The molecule has 130 valence electrons. The maximum absolute atomic E-state index is 12.0. The number of nitrogens with one attached hydrogen (secondary N) is 1. The number of fused-ring (bicyclic) bond motifs is 1. The van der Waals surface area contributed by atoms with Gasteiger partial charge in [0, 0.05) is 18.5 Å². The van der Waals surface area contributed by atoms with Crippen LogP contribution in [0.3, 0.4) is 0 Å². The molecular formula is C17H22N2O4S. The molecular weight excluding hydrogens is 328 g/mol. The first-order valence-corrected chi connectivity index (χ1v) is 8.85. The maximum atomic E-state index is 12.0. The Bertz CT molecular complexity index is 620. The lowest BCUT2D eigenvalue weighted by atomic mass is 10.2. The first kappa shape index (κ1) is 18.3. The molecule has 1 atom stereocenters. The highest BCUT2D eigenvalue weighted by Crippen LogP contribution is 2.36. The summed E-state index contributed by atoms with van der Waals surface area (Å²) in [7, 11) is 1.69. The van der Waals surface area contributed by atoms with Gasteiger partial charge in [0.1, 0.15) is 0 Å². The minimum absolute atomic E-state index is 0.0587.